The third kappa shape index (κ3) is 4.85. The average Bonchev–Trinajstić information content (AvgIpc) is 3.46. The summed E-state index contributed by atoms with van der Waals surface area (Å²) in [6, 6.07) is 15.0. The molecule has 0 spiro atoms. The fourth-order valence-electron chi connectivity index (χ4n) is 2.71. The number of nitrogens with zero attached hydrogens (tertiary/aromatic N) is 1. The highest BCUT2D eigenvalue weighted by atomic mass is 79.9. The summed E-state index contributed by atoms with van der Waals surface area (Å²) in [5, 5.41) is 6.27. The molecule has 7 heteroatoms. The highest BCUT2D eigenvalue weighted by Crippen LogP contribution is 2.30. The summed E-state index contributed by atoms with van der Waals surface area (Å²) in [6.07, 6.45) is 4.49. The highest BCUT2D eigenvalue weighted by Gasteiger charge is 2.29. The quantitative estimate of drug-likeness (QED) is 0.543. The maximum Gasteiger partial charge on any atom is 0.257 e. The maximum atomic E-state index is 12.4. The van der Waals surface area contributed by atoms with Gasteiger partial charge in [0.1, 0.15) is 0 Å². The number of carbonyl (C=O) groups is 2. The van der Waals surface area contributed by atoms with Crippen LogP contribution in [0, 0.1) is 5.92 Å². The molecule has 4 rings (SSSR count). The number of rotatable bonds is 6. The van der Waals surface area contributed by atoms with Crippen LogP contribution in [0.4, 0.5) is 10.8 Å². The van der Waals surface area contributed by atoms with E-state index >= 15 is 0 Å². The Morgan fingerprint density at radius 1 is 1.04 bits per heavy atom. The molecule has 0 aliphatic heterocycles. The number of carbonyl (C=O) groups excluding carboxylic acids is 2. The summed E-state index contributed by atoms with van der Waals surface area (Å²) in [5.74, 6) is -0.0117. The number of amides is 2. The van der Waals surface area contributed by atoms with Crippen LogP contribution in [-0.4, -0.2) is 16.8 Å². The lowest BCUT2D eigenvalue weighted by Gasteiger charge is -2.06. The van der Waals surface area contributed by atoms with Gasteiger partial charge in [0, 0.05) is 39.1 Å². The number of nitrogens with one attached hydrogen (secondary N) is 2. The maximum absolute atomic E-state index is 12.4. The predicted octanol–water partition coefficient (Wildman–Crippen LogP) is 5.10. The van der Waals surface area contributed by atoms with Crippen molar-refractivity contribution >= 4 is 49.9 Å². The average molecular weight is 456 g/mol. The third-order valence-electron chi connectivity index (χ3n) is 4.43. The Hall–Kier alpha value is -2.51. The van der Waals surface area contributed by atoms with Gasteiger partial charge in [0.05, 0.1) is 0 Å². The Labute approximate surface area is 175 Å². The van der Waals surface area contributed by atoms with Crippen molar-refractivity contribution in [3.63, 3.8) is 0 Å². The van der Waals surface area contributed by atoms with Gasteiger partial charge in [-0.3, -0.25) is 14.9 Å². The van der Waals surface area contributed by atoms with Gasteiger partial charge < -0.3 is 5.32 Å². The first kappa shape index (κ1) is 18.8. The normalized spacial score (nSPS) is 13.2. The van der Waals surface area contributed by atoms with Crippen molar-refractivity contribution < 1.29 is 9.59 Å². The molecule has 1 fully saturated rings. The van der Waals surface area contributed by atoms with Crippen molar-refractivity contribution in [1.29, 1.82) is 0 Å². The first-order chi connectivity index (χ1) is 13.6. The third-order valence-corrected chi connectivity index (χ3v) is 5.87. The van der Waals surface area contributed by atoms with Crippen molar-refractivity contribution in [2.75, 3.05) is 10.6 Å². The Morgan fingerprint density at radius 2 is 1.75 bits per heavy atom. The largest absolute Gasteiger partial charge is 0.326 e. The second-order valence-corrected chi connectivity index (χ2v) is 8.76. The van der Waals surface area contributed by atoms with Crippen molar-refractivity contribution in [2.24, 2.45) is 5.92 Å². The van der Waals surface area contributed by atoms with Gasteiger partial charge in [-0.1, -0.05) is 28.1 Å². The monoisotopic (exact) mass is 455 g/mol. The highest BCUT2D eigenvalue weighted by molar-refractivity contribution is 9.10. The fourth-order valence-corrected chi connectivity index (χ4v) is 3.82. The topological polar surface area (TPSA) is 71.1 Å². The Morgan fingerprint density at radius 3 is 2.43 bits per heavy atom. The number of hydrogen-bond acceptors (Lipinski definition) is 4. The number of anilines is 2. The minimum atomic E-state index is -0.218. The zero-order chi connectivity index (χ0) is 19.5. The van der Waals surface area contributed by atoms with E-state index in [-0.39, 0.29) is 17.7 Å². The number of thiazole rings is 1. The zero-order valence-electron chi connectivity index (χ0n) is 14.9. The lowest BCUT2D eigenvalue weighted by molar-refractivity contribution is -0.117. The van der Waals surface area contributed by atoms with Gasteiger partial charge in [-0.15, -0.1) is 11.3 Å². The first-order valence-corrected chi connectivity index (χ1v) is 10.6. The van der Waals surface area contributed by atoms with E-state index in [0.29, 0.717) is 16.4 Å². The van der Waals surface area contributed by atoms with Gasteiger partial charge in [-0.05, 0) is 54.8 Å². The molecule has 2 N–H and O–H groups in total. The molecule has 1 saturated carbocycles. The molecule has 3 aromatic rings. The molecule has 1 aliphatic carbocycles. The molecule has 2 amide bonds. The number of hydrogen-bond donors (Lipinski definition) is 2. The Bertz CT molecular complexity index is 995. The molecule has 142 valence electrons. The minimum Gasteiger partial charge on any atom is -0.326 e. The summed E-state index contributed by atoms with van der Waals surface area (Å²) >= 11 is 4.90. The van der Waals surface area contributed by atoms with Gasteiger partial charge in [-0.2, -0.15) is 0 Å². The lowest BCUT2D eigenvalue weighted by atomic mass is 10.1. The molecule has 0 unspecified atom stereocenters. The standard InChI is InChI=1S/C21H18BrN3O2S/c22-16-7-1-13(2-8-16)11-18-12-23-21(28-18)25-20(27)15-5-9-17(10-6-15)24-19(26)14-3-4-14/h1-2,5-10,12,14H,3-4,11H2,(H,24,26)(H,23,25,27). The molecular weight excluding hydrogens is 438 g/mol. The van der Waals surface area contributed by atoms with Crippen molar-refractivity contribution in [2.45, 2.75) is 19.3 Å². The van der Waals surface area contributed by atoms with Gasteiger partial charge in [0.15, 0.2) is 5.13 Å². The van der Waals surface area contributed by atoms with E-state index in [4.69, 9.17) is 0 Å². The zero-order valence-corrected chi connectivity index (χ0v) is 17.3. The molecule has 0 bridgehead atoms. The van der Waals surface area contributed by atoms with Crippen LogP contribution in [0.25, 0.3) is 0 Å². The van der Waals surface area contributed by atoms with Crippen molar-refractivity contribution in [3.05, 3.63) is 75.2 Å². The number of aromatic nitrogens is 1. The molecule has 0 radical (unpaired) electrons. The van der Waals surface area contributed by atoms with Gasteiger partial charge in [-0.25, -0.2) is 4.98 Å². The van der Waals surface area contributed by atoms with Crippen LogP contribution in [0.1, 0.15) is 33.6 Å². The van der Waals surface area contributed by atoms with E-state index in [0.717, 1.165) is 28.6 Å². The van der Waals surface area contributed by atoms with Crippen LogP contribution in [0.3, 0.4) is 0 Å². The molecule has 2 aromatic carbocycles. The second kappa shape index (κ2) is 8.24. The molecule has 28 heavy (non-hydrogen) atoms. The van der Waals surface area contributed by atoms with Crippen LogP contribution in [0.2, 0.25) is 0 Å². The number of halogens is 1. The van der Waals surface area contributed by atoms with E-state index in [2.05, 4.69) is 43.7 Å². The number of benzene rings is 2. The summed E-state index contributed by atoms with van der Waals surface area (Å²) in [7, 11) is 0. The molecule has 1 heterocycles. The second-order valence-electron chi connectivity index (χ2n) is 6.73. The van der Waals surface area contributed by atoms with Crippen molar-refractivity contribution in [1.82, 2.24) is 4.98 Å². The smallest absolute Gasteiger partial charge is 0.257 e. The fraction of sp³-hybridized carbons (Fsp3) is 0.190. The van der Waals surface area contributed by atoms with Crippen LogP contribution in [0.5, 0.6) is 0 Å². The van der Waals surface area contributed by atoms with Gasteiger partial charge >= 0.3 is 0 Å². The minimum absolute atomic E-state index is 0.0540. The summed E-state index contributed by atoms with van der Waals surface area (Å²) in [5.41, 5.74) is 2.42. The Kier molecular flexibility index (Phi) is 5.54. The van der Waals surface area contributed by atoms with E-state index in [9.17, 15) is 9.59 Å². The van der Waals surface area contributed by atoms with Crippen LogP contribution in [-0.2, 0) is 11.2 Å². The Balaban J connectivity index is 1.34. The van der Waals surface area contributed by atoms with Crippen LogP contribution >= 0.6 is 27.3 Å². The van der Waals surface area contributed by atoms with Crippen LogP contribution in [0.15, 0.2) is 59.2 Å². The predicted molar refractivity (Wildman–Crippen MR) is 115 cm³/mol. The van der Waals surface area contributed by atoms with E-state index in [1.807, 2.05) is 12.1 Å². The molecular formula is C21H18BrN3O2S. The molecule has 0 atom stereocenters. The molecule has 1 aromatic heterocycles. The van der Waals surface area contributed by atoms with E-state index in [1.54, 1.807) is 30.5 Å². The van der Waals surface area contributed by atoms with Gasteiger partial charge in [0.2, 0.25) is 5.91 Å². The van der Waals surface area contributed by atoms with Crippen molar-refractivity contribution in [3.8, 4) is 0 Å². The molecule has 0 saturated heterocycles. The SMILES string of the molecule is O=C(Nc1ncc(Cc2ccc(Br)cc2)s1)c1ccc(NC(=O)C2CC2)cc1. The summed E-state index contributed by atoms with van der Waals surface area (Å²) < 4.78 is 1.05. The van der Waals surface area contributed by atoms with Crippen LogP contribution < -0.4 is 10.6 Å². The van der Waals surface area contributed by atoms with E-state index in [1.165, 1.54) is 16.9 Å². The molecule has 1 aliphatic rings. The summed E-state index contributed by atoms with van der Waals surface area (Å²) in [6.45, 7) is 0. The van der Waals surface area contributed by atoms with Gasteiger partial charge in [0.25, 0.3) is 5.91 Å². The first-order valence-electron chi connectivity index (χ1n) is 8.98. The lowest BCUT2D eigenvalue weighted by Crippen LogP contribution is -2.14. The van der Waals surface area contributed by atoms with E-state index < -0.39 is 0 Å². The molecule has 5 nitrogen and oxygen atoms in total. The summed E-state index contributed by atoms with van der Waals surface area (Å²) in [4.78, 5) is 29.6.